The third-order valence-corrected chi connectivity index (χ3v) is 4.43. The summed E-state index contributed by atoms with van der Waals surface area (Å²) < 4.78 is 17.4. The highest BCUT2D eigenvalue weighted by Gasteiger charge is 2.22. The molecule has 1 N–H and O–H groups in total. The fourth-order valence-corrected chi connectivity index (χ4v) is 2.98. The summed E-state index contributed by atoms with van der Waals surface area (Å²) in [7, 11) is 0. The highest BCUT2D eigenvalue weighted by molar-refractivity contribution is 5.96. The van der Waals surface area contributed by atoms with Crippen molar-refractivity contribution in [1.82, 2.24) is 5.32 Å². The van der Waals surface area contributed by atoms with Crippen molar-refractivity contribution in [3.8, 4) is 17.2 Å². The first-order valence-corrected chi connectivity index (χ1v) is 9.22. The second kappa shape index (κ2) is 8.48. The average Bonchev–Trinajstić information content (AvgIpc) is 2.77. The summed E-state index contributed by atoms with van der Waals surface area (Å²) >= 11 is 0. The molecule has 5 nitrogen and oxygen atoms in total. The number of ether oxygens (including phenoxy) is 3. The molecule has 0 radical (unpaired) electrons. The van der Waals surface area contributed by atoms with E-state index in [1.165, 1.54) is 0 Å². The molecular formula is C23H21NO4. The van der Waals surface area contributed by atoms with Gasteiger partial charge < -0.3 is 19.5 Å². The van der Waals surface area contributed by atoms with Crippen LogP contribution in [-0.2, 0) is 6.61 Å². The van der Waals surface area contributed by atoms with E-state index >= 15 is 0 Å². The van der Waals surface area contributed by atoms with Crippen LogP contribution in [0.3, 0.4) is 0 Å². The molecule has 3 aromatic rings. The Kier molecular flexibility index (Phi) is 5.43. The van der Waals surface area contributed by atoms with Gasteiger partial charge in [-0.05, 0) is 29.8 Å². The highest BCUT2D eigenvalue weighted by Crippen LogP contribution is 2.30. The molecular weight excluding hydrogens is 354 g/mol. The first-order valence-electron chi connectivity index (χ1n) is 9.22. The monoisotopic (exact) mass is 375 g/mol. The molecule has 0 bridgehead atoms. The summed E-state index contributed by atoms with van der Waals surface area (Å²) in [6, 6.07) is 24.6. The number of fused-ring (bicyclic) bond motifs is 1. The Bertz CT molecular complexity index is 942. The number of benzene rings is 3. The molecule has 1 aliphatic rings. The van der Waals surface area contributed by atoms with Gasteiger partial charge in [0.15, 0.2) is 11.5 Å². The van der Waals surface area contributed by atoms with Gasteiger partial charge in [0.25, 0.3) is 5.91 Å². The van der Waals surface area contributed by atoms with Gasteiger partial charge in [-0.3, -0.25) is 4.79 Å². The highest BCUT2D eigenvalue weighted by atomic mass is 16.6. The van der Waals surface area contributed by atoms with Crippen molar-refractivity contribution in [3.63, 3.8) is 0 Å². The van der Waals surface area contributed by atoms with Crippen LogP contribution in [0, 0.1) is 0 Å². The molecule has 0 spiro atoms. The Morgan fingerprint density at radius 2 is 1.64 bits per heavy atom. The van der Waals surface area contributed by atoms with E-state index in [0.29, 0.717) is 36.8 Å². The molecule has 5 heteroatoms. The Morgan fingerprint density at radius 3 is 2.50 bits per heavy atom. The van der Waals surface area contributed by atoms with Gasteiger partial charge >= 0.3 is 0 Å². The van der Waals surface area contributed by atoms with Crippen molar-refractivity contribution < 1.29 is 19.0 Å². The third kappa shape index (κ3) is 4.26. The summed E-state index contributed by atoms with van der Waals surface area (Å²) in [5, 5.41) is 2.91. The number of carbonyl (C=O) groups is 1. The minimum absolute atomic E-state index is 0.203. The van der Waals surface area contributed by atoms with Crippen molar-refractivity contribution in [2.75, 3.05) is 13.2 Å². The lowest BCUT2D eigenvalue weighted by molar-refractivity contribution is 0.0787. The molecule has 1 amide bonds. The number of amides is 1. The van der Waals surface area contributed by atoms with E-state index in [4.69, 9.17) is 14.2 Å². The molecule has 1 heterocycles. The van der Waals surface area contributed by atoms with Gasteiger partial charge in [0.2, 0.25) is 0 Å². The first-order chi connectivity index (χ1) is 13.8. The standard InChI is InChI=1S/C23H21NO4/c25-23(24-14-18-16-27-21-12-6-7-13-22(21)28-18)19-10-4-5-11-20(19)26-15-17-8-2-1-3-9-17/h1-13,18H,14-16H2,(H,24,25)/t18-/m0/s1. The van der Waals surface area contributed by atoms with Crippen molar-refractivity contribution in [1.29, 1.82) is 0 Å². The molecule has 1 atom stereocenters. The van der Waals surface area contributed by atoms with Gasteiger partial charge in [-0.15, -0.1) is 0 Å². The minimum atomic E-state index is -0.240. The van der Waals surface area contributed by atoms with Crippen molar-refractivity contribution in [2.24, 2.45) is 0 Å². The number of rotatable bonds is 6. The van der Waals surface area contributed by atoms with E-state index < -0.39 is 0 Å². The van der Waals surface area contributed by atoms with Crippen molar-refractivity contribution in [3.05, 3.63) is 90.0 Å². The molecule has 0 aromatic heterocycles. The SMILES string of the molecule is O=C(NC[C@H]1COc2ccccc2O1)c1ccccc1OCc1ccccc1. The average molecular weight is 375 g/mol. The maximum absolute atomic E-state index is 12.7. The van der Waals surface area contributed by atoms with Crippen LogP contribution < -0.4 is 19.5 Å². The maximum atomic E-state index is 12.7. The summed E-state index contributed by atoms with van der Waals surface area (Å²) in [6.45, 7) is 1.14. The van der Waals surface area contributed by atoms with E-state index in [9.17, 15) is 4.79 Å². The van der Waals surface area contributed by atoms with Gasteiger partial charge in [0.05, 0.1) is 12.1 Å². The first kappa shape index (κ1) is 17.9. The second-order valence-corrected chi connectivity index (χ2v) is 6.48. The molecule has 0 unspecified atom stereocenters. The number of hydrogen-bond donors (Lipinski definition) is 1. The van der Waals surface area contributed by atoms with E-state index in [1.54, 1.807) is 12.1 Å². The molecule has 1 aliphatic heterocycles. The zero-order valence-electron chi connectivity index (χ0n) is 15.3. The van der Waals surface area contributed by atoms with E-state index in [2.05, 4.69) is 5.32 Å². The largest absolute Gasteiger partial charge is 0.488 e. The van der Waals surface area contributed by atoms with Gasteiger partial charge in [-0.2, -0.15) is 0 Å². The quantitative estimate of drug-likeness (QED) is 0.711. The van der Waals surface area contributed by atoms with E-state index in [-0.39, 0.29) is 12.0 Å². The van der Waals surface area contributed by atoms with E-state index in [1.807, 2.05) is 66.7 Å². The number of hydrogen-bond acceptors (Lipinski definition) is 4. The lowest BCUT2D eigenvalue weighted by Gasteiger charge is -2.26. The summed E-state index contributed by atoms with van der Waals surface area (Å²) in [5.74, 6) is 1.77. The number of para-hydroxylation sites is 3. The zero-order chi connectivity index (χ0) is 19.2. The third-order valence-electron chi connectivity index (χ3n) is 4.43. The molecule has 3 aromatic carbocycles. The van der Waals surface area contributed by atoms with Crippen LogP contribution in [0.1, 0.15) is 15.9 Å². The normalized spacial score (nSPS) is 14.9. The predicted molar refractivity (Wildman–Crippen MR) is 106 cm³/mol. The van der Waals surface area contributed by atoms with Crippen molar-refractivity contribution in [2.45, 2.75) is 12.7 Å². The fourth-order valence-electron chi connectivity index (χ4n) is 2.98. The number of carbonyl (C=O) groups excluding carboxylic acids is 1. The van der Waals surface area contributed by atoms with Crippen LogP contribution in [0.25, 0.3) is 0 Å². The molecule has 4 rings (SSSR count). The summed E-state index contributed by atoms with van der Waals surface area (Å²) in [5.41, 5.74) is 1.54. The van der Waals surface area contributed by atoms with Crippen LogP contribution >= 0.6 is 0 Å². The lowest BCUT2D eigenvalue weighted by atomic mass is 10.1. The summed E-state index contributed by atoms with van der Waals surface area (Å²) in [4.78, 5) is 12.7. The topological polar surface area (TPSA) is 56.8 Å². The summed E-state index contributed by atoms with van der Waals surface area (Å²) in [6.07, 6.45) is -0.240. The predicted octanol–water partition coefficient (Wildman–Crippen LogP) is 3.84. The molecule has 28 heavy (non-hydrogen) atoms. The Morgan fingerprint density at radius 1 is 0.929 bits per heavy atom. The van der Waals surface area contributed by atoms with Gasteiger partial charge in [0.1, 0.15) is 25.1 Å². The zero-order valence-corrected chi connectivity index (χ0v) is 15.3. The molecule has 0 saturated heterocycles. The number of nitrogens with one attached hydrogen (secondary N) is 1. The van der Waals surface area contributed by atoms with E-state index in [0.717, 1.165) is 11.3 Å². The molecule has 142 valence electrons. The lowest BCUT2D eigenvalue weighted by Crippen LogP contribution is -2.40. The van der Waals surface area contributed by atoms with Gasteiger partial charge in [-0.25, -0.2) is 0 Å². The minimum Gasteiger partial charge on any atom is -0.488 e. The van der Waals surface area contributed by atoms with Crippen LogP contribution in [0.4, 0.5) is 0 Å². The Hall–Kier alpha value is -3.47. The molecule has 0 aliphatic carbocycles. The Balaban J connectivity index is 1.36. The molecule has 0 saturated carbocycles. The fraction of sp³-hybridized carbons (Fsp3) is 0.174. The second-order valence-electron chi connectivity index (χ2n) is 6.48. The Labute approximate surface area is 163 Å². The maximum Gasteiger partial charge on any atom is 0.255 e. The smallest absolute Gasteiger partial charge is 0.255 e. The van der Waals surface area contributed by atoms with Crippen LogP contribution in [0.5, 0.6) is 17.2 Å². The van der Waals surface area contributed by atoms with Crippen LogP contribution in [0.15, 0.2) is 78.9 Å². The van der Waals surface area contributed by atoms with Crippen LogP contribution in [-0.4, -0.2) is 25.2 Å². The molecule has 0 fully saturated rings. The van der Waals surface area contributed by atoms with Crippen molar-refractivity contribution >= 4 is 5.91 Å². The van der Waals surface area contributed by atoms with Gasteiger partial charge in [-0.1, -0.05) is 54.6 Å². The van der Waals surface area contributed by atoms with Crippen LogP contribution in [0.2, 0.25) is 0 Å². The van der Waals surface area contributed by atoms with Gasteiger partial charge in [0, 0.05) is 0 Å².